The number of imide groups is 1. The number of aryl methyl sites for hydroxylation is 1. The number of hydroxylamine groups is 1. The maximum Gasteiger partial charge on any atom is 0.259 e. The Balaban J connectivity index is 1.87. The van der Waals surface area contributed by atoms with Crippen LogP contribution in [-0.4, -0.2) is 32.1 Å². The lowest BCUT2D eigenvalue weighted by molar-refractivity contribution is -0.129. The summed E-state index contributed by atoms with van der Waals surface area (Å²) in [4.78, 5) is 30.7. The number of para-hydroxylation sites is 1. The van der Waals surface area contributed by atoms with Gasteiger partial charge in [0.2, 0.25) is 5.91 Å². The number of benzene rings is 2. The highest BCUT2D eigenvalue weighted by Gasteiger charge is 2.57. The van der Waals surface area contributed by atoms with Gasteiger partial charge in [-0.05, 0) is 30.7 Å². The van der Waals surface area contributed by atoms with E-state index in [1.165, 1.54) is 0 Å². The van der Waals surface area contributed by atoms with E-state index in [9.17, 15) is 9.59 Å². The topological polar surface area (TPSA) is 77.1 Å². The van der Waals surface area contributed by atoms with Crippen molar-refractivity contribution >= 4 is 17.5 Å². The fourth-order valence-electron chi connectivity index (χ4n) is 3.73. The number of hydrogen-bond acceptors (Lipinski definition) is 6. The quantitative estimate of drug-likeness (QED) is 0.834. The first-order chi connectivity index (χ1) is 13.0. The van der Waals surface area contributed by atoms with Gasteiger partial charge in [-0.15, -0.1) is 0 Å². The molecule has 2 saturated heterocycles. The summed E-state index contributed by atoms with van der Waals surface area (Å²) < 4.78 is 10.8. The number of nitrogens with one attached hydrogen (secondary N) is 1. The Morgan fingerprint density at radius 2 is 1.81 bits per heavy atom. The second-order valence-electron chi connectivity index (χ2n) is 6.57. The Labute approximate surface area is 156 Å². The molecule has 1 N–H and O–H groups in total. The number of nitrogens with zero attached hydrogens (tertiary/aromatic N) is 1. The molecule has 2 aromatic rings. The van der Waals surface area contributed by atoms with Gasteiger partial charge in [-0.25, -0.2) is 5.06 Å². The van der Waals surface area contributed by atoms with Crippen LogP contribution in [0, 0.1) is 12.8 Å². The van der Waals surface area contributed by atoms with Crippen molar-refractivity contribution in [2.24, 2.45) is 5.92 Å². The minimum absolute atomic E-state index is 0.344. The monoisotopic (exact) mass is 368 g/mol. The average Bonchev–Trinajstić information content (AvgIpc) is 3.19. The van der Waals surface area contributed by atoms with E-state index < -0.39 is 24.0 Å². The van der Waals surface area contributed by atoms with Crippen LogP contribution in [-0.2, 0) is 14.4 Å². The Morgan fingerprint density at radius 3 is 2.52 bits per heavy atom. The zero-order valence-corrected chi connectivity index (χ0v) is 15.3. The normalized spacial score (nSPS) is 24.0. The molecule has 3 unspecified atom stereocenters. The van der Waals surface area contributed by atoms with Crippen molar-refractivity contribution in [3.63, 3.8) is 0 Å². The first-order valence-electron chi connectivity index (χ1n) is 8.63. The van der Waals surface area contributed by atoms with E-state index >= 15 is 0 Å². The largest absolute Gasteiger partial charge is 0.497 e. The first kappa shape index (κ1) is 17.4. The van der Waals surface area contributed by atoms with E-state index in [-0.39, 0.29) is 5.91 Å². The van der Waals surface area contributed by atoms with Crippen molar-refractivity contribution in [3.8, 4) is 11.5 Å². The fourth-order valence-corrected chi connectivity index (χ4v) is 3.73. The second-order valence-corrected chi connectivity index (χ2v) is 6.57. The average molecular weight is 368 g/mol. The molecule has 0 saturated carbocycles. The third-order valence-electron chi connectivity index (χ3n) is 5.07. The van der Waals surface area contributed by atoms with Crippen LogP contribution in [0.2, 0.25) is 0 Å². The number of anilines is 1. The van der Waals surface area contributed by atoms with Crippen LogP contribution >= 0.6 is 0 Å². The molecule has 4 rings (SSSR count). The molecule has 2 fully saturated rings. The van der Waals surface area contributed by atoms with Crippen LogP contribution in [0.5, 0.6) is 11.5 Å². The third kappa shape index (κ3) is 2.71. The summed E-state index contributed by atoms with van der Waals surface area (Å²) in [6.45, 7) is 1.96. The van der Waals surface area contributed by atoms with Gasteiger partial charge < -0.3 is 9.47 Å². The molecule has 0 spiro atoms. The fraction of sp³-hybridized carbons (Fsp3) is 0.300. The molecule has 2 heterocycles. The Bertz CT molecular complexity index is 913. The number of carbonyl (C=O) groups excluding carboxylic acids is 2. The summed E-state index contributed by atoms with van der Waals surface area (Å²) in [6.07, 6.45) is -0.867. The number of hydrogen-bond donors (Lipinski definition) is 1. The third-order valence-corrected chi connectivity index (χ3v) is 5.07. The Morgan fingerprint density at radius 1 is 1.04 bits per heavy atom. The molecule has 2 aliphatic rings. The number of amides is 2. The van der Waals surface area contributed by atoms with Crippen molar-refractivity contribution in [2.45, 2.75) is 19.1 Å². The summed E-state index contributed by atoms with van der Waals surface area (Å²) in [5, 5.41) is 4.03. The van der Waals surface area contributed by atoms with Crippen molar-refractivity contribution in [2.75, 3.05) is 19.3 Å². The van der Waals surface area contributed by atoms with Gasteiger partial charge in [0.15, 0.2) is 6.10 Å². The van der Waals surface area contributed by atoms with Crippen LogP contribution in [0.3, 0.4) is 0 Å². The molecule has 140 valence electrons. The number of ether oxygens (including phenoxy) is 2. The van der Waals surface area contributed by atoms with Crippen LogP contribution < -0.4 is 19.9 Å². The van der Waals surface area contributed by atoms with Gasteiger partial charge in [0.25, 0.3) is 5.91 Å². The summed E-state index contributed by atoms with van der Waals surface area (Å²) >= 11 is 0. The van der Waals surface area contributed by atoms with E-state index in [2.05, 4.69) is 5.32 Å². The van der Waals surface area contributed by atoms with Gasteiger partial charge in [-0.2, -0.15) is 0 Å². The molecular formula is C20H20N2O5. The minimum atomic E-state index is -0.867. The standard InChI is InChI=1S/C20H20N2O5/c1-11-6-4-5-7-14(11)22-17(16-18(27-22)20(24)21-19(16)23)13-9-8-12(25-2)10-15(13)26-3/h4-10,16-18H,1-3H3,(H,21,23,24). The molecule has 0 aliphatic carbocycles. The van der Waals surface area contributed by atoms with Gasteiger partial charge in [-0.1, -0.05) is 18.2 Å². The Kier molecular flexibility index (Phi) is 4.24. The van der Waals surface area contributed by atoms with Crippen LogP contribution in [0.1, 0.15) is 17.2 Å². The summed E-state index contributed by atoms with van der Waals surface area (Å²) in [7, 11) is 3.13. The molecule has 3 atom stereocenters. The SMILES string of the molecule is COc1ccc(C2C3C(=O)NC(=O)C3ON2c2ccccc2C)c(OC)c1. The zero-order valence-electron chi connectivity index (χ0n) is 15.3. The van der Waals surface area contributed by atoms with Gasteiger partial charge in [0.05, 0.1) is 25.9 Å². The lowest BCUT2D eigenvalue weighted by Crippen LogP contribution is -2.33. The Hall–Kier alpha value is -3.06. The molecule has 7 nitrogen and oxygen atoms in total. The lowest BCUT2D eigenvalue weighted by Gasteiger charge is -2.29. The molecule has 2 amide bonds. The van der Waals surface area contributed by atoms with Crippen molar-refractivity contribution in [3.05, 3.63) is 53.6 Å². The number of fused-ring (bicyclic) bond motifs is 1. The first-order valence-corrected chi connectivity index (χ1v) is 8.63. The molecular weight excluding hydrogens is 348 g/mol. The second kappa shape index (κ2) is 6.59. The van der Waals surface area contributed by atoms with Crippen LogP contribution in [0.25, 0.3) is 0 Å². The van der Waals surface area contributed by atoms with E-state index in [0.717, 1.165) is 16.8 Å². The highest BCUT2D eigenvalue weighted by Crippen LogP contribution is 2.48. The molecule has 7 heteroatoms. The molecule has 0 aromatic heterocycles. The number of carbonyl (C=O) groups is 2. The zero-order chi connectivity index (χ0) is 19.1. The van der Waals surface area contributed by atoms with Crippen LogP contribution in [0.15, 0.2) is 42.5 Å². The van der Waals surface area contributed by atoms with E-state index in [0.29, 0.717) is 11.5 Å². The van der Waals surface area contributed by atoms with E-state index in [1.807, 2.05) is 37.3 Å². The molecule has 0 bridgehead atoms. The van der Waals surface area contributed by atoms with E-state index in [4.69, 9.17) is 14.3 Å². The smallest absolute Gasteiger partial charge is 0.259 e. The van der Waals surface area contributed by atoms with Gasteiger partial charge in [0.1, 0.15) is 17.4 Å². The van der Waals surface area contributed by atoms with E-state index in [1.54, 1.807) is 31.4 Å². The lowest BCUT2D eigenvalue weighted by atomic mass is 9.89. The van der Waals surface area contributed by atoms with Crippen LogP contribution in [0.4, 0.5) is 5.69 Å². The maximum atomic E-state index is 12.5. The number of methoxy groups -OCH3 is 2. The molecule has 0 radical (unpaired) electrons. The molecule has 2 aromatic carbocycles. The maximum absolute atomic E-state index is 12.5. The van der Waals surface area contributed by atoms with Crippen molar-refractivity contribution in [1.82, 2.24) is 5.32 Å². The minimum Gasteiger partial charge on any atom is -0.497 e. The summed E-state index contributed by atoms with van der Waals surface area (Å²) in [5.41, 5.74) is 2.53. The highest BCUT2D eigenvalue weighted by molar-refractivity contribution is 6.07. The predicted molar refractivity (Wildman–Crippen MR) is 97.5 cm³/mol. The van der Waals surface area contributed by atoms with Gasteiger partial charge >= 0.3 is 0 Å². The predicted octanol–water partition coefficient (Wildman–Crippen LogP) is 2.15. The summed E-state index contributed by atoms with van der Waals surface area (Å²) in [6, 6.07) is 12.6. The van der Waals surface area contributed by atoms with Crippen molar-refractivity contribution < 1.29 is 23.9 Å². The number of rotatable bonds is 4. The molecule has 2 aliphatic heterocycles. The molecule has 27 heavy (non-hydrogen) atoms. The summed E-state index contributed by atoms with van der Waals surface area (Å²) in [5.74, 6) is -0.225. The van der Waals surface area contributed by atoms with Crippen molar-refractivity contribution in [1.29, 1.82) is 0 Å². The van der Waals surface area contributed by atoms with Gasteiger partial charge in [-0.3, -0.25) is 19.7 Å². The highest BCUT2D eigenvalue weighted by atomic mass is 16.7. The van der Waals surface area contributed by atoms with Gasteiger partial charge in [0, 0.05) is 11.6 Å².